The van der Waals surface area contributed by atoms with Crippen LogP contribution in [0.25, 0.3) is 5.65 Å². The van der Waals surface area contributed by atoms with E-state index in [1.807, 2.05) is 29.8 Å². The van der Waals surface area contributed by atoms with Gasteiger partial charge in [0.25, 0.3) is 0 Å². The molecular weight excluding hydrogens is 260 g/mol. The molecule has 0 spiro atoms. The zero-order chi connectivity index (χ0) is 13.8. The summed E-state index contributed by atoms with van der Waals surface area (Å²) in [6, 6.07) is 1.91. The molecule has 0 bridgehead atoms. The first-order valence-electron chi connectivity index (χ1n) is 5.74. The first-order valence-corrected chi connectivity index (χ1v) is 6.56. The van der Waals surface area contributed by atoms with Crippen molar-refractivity contribution in [3.63, 3.8) is 0 Å². The molecule has 6 heteroatoms. The normalized spacial score (nSPS) is 12.5. The van der Waals surface area contributed by atoms with Crippen LogP contribution in [-0.2, 0) is 0 Å². The van der Waals surface area contributed by atoms with Crippen molar-refractivity contribution in [3.05, 3.63) is 36.4 Å². The van der Waals surface area contributed by atoms with Crippen LogP contribution in [0.1, 0.15) is 5.69 Å². The van der Waals surface area contributed by atoms with Gasteiger partial charge < -0.3 is 14.9 Å². The summed E-state index contributed by atoms with van der Waals surface area (Å²) in [7, 11) is 3.38. The highest BCUT2D eigenvalue weighted by Crippen LogP contribution is 2.31. The fourth-order valence-corrected chi connectivity index (χ4v) is 2.56. The highest BCUT2D eigenvalue weighted by atomic mass is 32.2. The summed E-state index contributed by atoms with van der Waals surface area (Å²) in [6.45, 7) is 2.01. The molecule has 100 valence electrons. The van der Waals surface area contributed by atoms with E-state index in [9.17, 15) is 0 Å². The lowest BCUT2D eigenvalue weighted by molar-refractivity contribution is 0.404. The van der Waals surface area contributed by atoms with Gasteiger partial charge in [0.15, 0.2) is 0 Å². The van der Waals surface area contributed by atoms with Gasteiger partial charge in [-0.05, 0) is 19.2 Å². The molecule has 2 N–H and O–H groups in total. The molecule has 2 rings (SSSR count). The number of rotatable bonds is 3. The van der Waals surface area contributed by atoms with E-state index in [4.69, 9.17) is 10.5 Å². The van der Waals surface area contributed by atoms with Crippen LogP contribution in [0.2, 0.25) is 0 Å². The van der Waals surface area contributed by atoms with Gasteiger partial charge in [0, 0.05) is 31.2 Å². The number of methoxy groups -OCH3 is 1. The Hall–Kier alpha value is -1.95. The molecule has 0 amide bonds. The Balaban J connectivity index is 2.48. The standard InChI is InChI=1S/C13H16N4OS/c1-9-7-16-12-6-10(18-3)11(8-17(9)12)19-13(15-2)4-5-14/h4-8H,14H2,1-3H3/b5-4-,15-13?. The van der Waals surface area contributed by atoms with E-state index >= 15 is 0 Å². The summed E-state index contributed by atoms with van der Waals surface area (Å²) in [5.41, 5.74) is 7.34. The Morgan fingerprint density at radius 1 is 1.58 bits per heavy atom. The molecule has 0 atom stereocenters. The molecule has 2 heterocycles. The SMILES string of the molecule is CN=C(/C=C\N)Sc1cn2c(C)cnc2cc1OC. The molecule has 5 nitrogen and oxygen atoms in total. The van der Waals surface area contributed by atoms with Gasteiger partial charge in [0.05, 0.1) is 17.0 Å². The Labute approximate surface area is 116 Å². The summed E-state index contributed by atoms with van der Waals surface area (Å²) >= 11 is 1.50. The van der Waals surface area contributed by atoms with Gasteiger partial charge in [-0.3, -0.25) is 4.99 Å². The molecule has 0 fully saturated rings. The van der Waals surface area contributed by atoms with Gasteiger partial charge in [-0.15, -0.1) is 0 Å². The molecule has 0 aliphatic heterocycles. The second kappa shape index (κ2) is 5.79. The predicted molar refractivity (Wildman–Crippen MR) is 79.0 cm³/mol. The summed E-state index contributed by atoms with van der Waals surface area (Å²) < 4.78 is 7.42. The Morgan fingerprint density at radius 2 is 2.37 bits per heavy atom. The second-order valence-electron chi connectivity index (χ2n) is 3.86. The number of aromatic nitrogens is 2. The van der Waals surface area contributed by atoms with Gasteiger partial charge in [0.2, 0.25) is 0 Å². The largest absolute Gasteiger partial charge is 0.495 e. The van der Waals surface area contributed by atoms with Crippen LogP contribution >= 0.6 is 11.8 Å². The van der Waals surface area contributed by atoms with Crippen molar-refractivity contribution in [2.24, 2.45) is 10.7 Å². The molecule has 0 saturated carbocycles. The minimum absolute atomic E-state index is 0.773. The van der Waals surface area contributed by atoms with E-state index in [0.29, 0.717) is 0 Å². The fourth-order valence-electron chi connectivity index (χ4n) is 1.69. The highest BCUT2D eigenvalue weighted by Gasteiger charge is 2.10. The molecule has 0 saturated heterocycles. The number of pyridine rings is 1. The maximum absolute atomic E-state index is 5.41. The lowest BCUT2D eigenvalue weighted by atomic mass is 10.4. The van der Waals surface area contributed by atoms with Crippen molar-refractivity contribution in [1.29, 1.82) is 0 Å². The monoisotopic (exact) mass is 276 g/mol. The summed E-state index contributed by atoms with van der Waals surface area (Å²) in [6.07, 6.45) is 7.06. The molecule has 0 radical (unpaired) electrons. The van der Waals surface area contributed by atoms with Crippen LogP contribution in [0.4, 0.5) is 0 Å². The molecule has 0 aliphatic rings. The topological polar surface area (TPSA) is 64.9 Å². The van der Waals surface area contributed by atoms with Crippen molar-refractivity contribution < 1.29 is 4.74 Å². The van der Waals surface area contributed by atoms with Crippen molar-refractivity contribution in [2.75, 3.05) is 14.2 Å². The second-order valence-corrected chi connectivity index (χ2v) is 4.92. The molecule has 19 heavy (non-hydrogen) atoms. The van der Waals surface area contributed by atoms with Gasteiger partial charge in [0.1, 0.15) is 11.4 Å². The van der Waals surface area contributed by atoms with Gasteiger partial charge >= 0.3 is 0 Å². The average Bonchev–Trinajstić information content (AvgIpc) is 2.78. The Morgan fingerprint density at radius 3 is 3.00 bits per heavy atom. The minimum atomic E-state index is 0.773. The van der Waals surface area contributed by atoms with E-state index in [2.05, 4.69) is 9.98 Å². The number of nitrogens with zero attached hydrogens (tertiary/aromatic N) is 3. The highest BCUT2D eigenvalue weighted by molar-refractivity contribution is 8.14. The van der Waals surface area contributed by atoms with Crippen molar-refractivity contribution in [1.82, 2.24) is 9.38 Å². The minimum Gasteiger partial charge on any atom is -0.495 e. The first kappa shape index (κ1) is 13.5. The third-order valence-electron chi connectivity index (χ3n) is 2.65. The van der Waals surface area contributed by atoms with Crippen LogP contribution in [0, 0.1) is 6.92 Å². The zero-order valence-electron chi connectivity index (χ0n) is 11.1. The first-order chi connectivity index (χ1) is 9.19. The third-order valence-corrected chi connectivity index (χ3v) is 3.71. The summed E-state index contributed by atoms with van der Waals surface area (Å²) in [5, 5.41) is 0.818. The maximum Gasteiger partial charge on any atom is 0.140 e. The van der Waals surface area contributed by atoms with Gasteiger partial charge in [-0.1, -0.05) is 11.8 Å². The molecule has 2 aromatic heterocycles. The van der Waals surface area contributed by atoms with E-state index in [-0.39, 0.29) is 0 Å². The molecular formula is C13H16N4OS. The molecule has 0 aromatic carbocycles. The van der Waals surface area contributed by atoms with Crippen LogP contribution < -0.4 is 10.5 Å². The van der Waals surface area contributed by atoms with Gasteiger partial charge in [-0.25, -0.2) is 4.98 Å². The van der Waals surface area contributed by atoms with Crippen LogP contribution in [0.15, 0.2) is 40.6 Å². The smallest absolute Gasteiger partial charge is 0.140 e. The van der Waals surface area contributed by atoms with Crippen molar-refractivity contribution in [2.45, 2.75) is 11.8 Å². The number of thioether (sulfide) groups is 1. The number of hydrogen-bond donors (Lipinski definition) is 1. The Bertz CT molecular complexity index is 645. The van der Waals surface area contributed by atoms with Crippen LogP contribution in [-0.4, -0.2) is 28.6 Å². The number of nitrogens with two attached hydrogens (primary N) is 1. The molecule has 0 unspecified atom stereocenters. The van der Waals surface area contributed by atoms with Crippen LogP contribution in [0.3, 0.4) is 0 Å². The lowest BCUT2D eigenvalue weighted by Gasteiger charge is -2.09. The van der Waals surface area contributed by atoms with Crippen molar-refractivity contribution in [3.8, 4) is 5.75 Å². The lowest BCUT2D eigenvalue weighted by Crippen LogP contribution is -1.96. The third kappa shape index (κ3) is 2.73. The summed E-state index contributed by atoms with van der Waals surface area (Å²) in [5.74, 6) is 0.773. The van der Waals surface area contributed by atoms with Gasteiger partial charge in [-0.2, -0.15) is 0 Å². The van der Waals surface area contributed by atoms with E-state index in [0.717, 1.165) is 27.0 Å². The van der Waals surface area contributed by atoms with E-state index in [1.165, 1.54) is 18.0 Å². The number of hydrogen-bond acceptors (Lipinski definition) is 5. The van der Waals surface area contributed by atoms with Crippen molar-refractivity contribution >= 4 is 22.5 Å². The zero-order valence-corrected chi connectivity index (χ0v) is 11.9. The molecule has 2 aromatic rings. The van der Waals surface area contributed by atoms with E-state index < -0.39 is 0 Å². The quantitative estimate of drug-likeness (QED) is 0.530. The predicted octanol–water partition coefficient (Wildman–Crippen LogP) is 2.24. The summed E-state index contributed by atoms with van der Waals surface area (Å²) in [4.78, 5) is 9.45. The number of aryl methyl sites for hydroxylation is 1. The van der Waals surface area contributed by atoms with Crippen LogP contribution in [0.5, 0.6) is 5.75 Å². The van der Waals surface area contributed by atoms with E-state index in [1.54, 1.807) is 20.2 Å². The number of aliphatic imine (C=N–C) groups is 1. The fraction of sp³-hybridized carbons (Fsp3) is 0.231. The maximum atomic E-state index is 5.41. The average molecular weight is 276 g/mol. The number of fused-ring (bicyclic) bond motifs is 1. The number of ether oxygens (including phenoxy) is 1. The Kier molecular flexibility index (Phi) is 4.11. The molecule has 0 aliphatic carbocycles. The number of imidazole rings is 1.